The number of carbonyl (C=O) groups excluding carboxylic acids is 3. The Balaban J connectivity index is 1.81. The van der Waals surface area contributed by atoms with E-state index in [0.29, 0.717) is 28.5 Å². The van der Waals surface area contributed by atoms with Gasteiger partial charge in [-0.1, -0.05) is 41.4 Å². The first-order valence-corrected chi connectivity index (χ1v) is 10.3. The molecule has 8 heteroatoms. The first kappa shape index (κ1) is 22.1. The van der Waals surface area contributed by atoms with E-state index in [2.05, 4.69) is 0 Å². The minimum absolute atomic E-state index is 0.0745. The van der Waals surface area contributed by atoms with Gasteiger partial charge in [0.2, 0.25) is 0 Å². The molecule has 158 valence electrons. The average Bonchev–Trinajstić information content (AvgIpc) is 2.74. The highest BCUT2D eigenvalue weighted by Crippen LogP contribution is 2.42. The van der Waals surface area contributed by atoms with Gasteiger partial charge in [-0.15, -0.1) is 0 Å². The van der Waals surface area contributed by atoms with Crippen LogP contribution in [0.2, 0.25) is 10.0 Å². The van der Waals surface area contributed by atoms with E-state index < -0.39 is 24.0 Å². The summed E-state index contributed by atoms with van der Waals surface area (Å²) in [6, 6.07) is 11.3. The first-order chi connectivity index (χ1) is 14.3. The summed E-state index contributed by atoms with van der Waals surface area (Å²) in [5, 5.41) is 0.737. The summed E-state index contributed by atoms with van der Waals surface area (Å²) in [6.45, 7) is -0.517. The van der Waals surface area contributed by atoms with Gasteiger partial charge in [0.25, 0.3) is 5.91 Å². The van der Waals surface area contributed by atoms with Gasteiger partial charge in [0.15, 0.2) is 12.4 Å². The molecule has 0 aromatic heterocycles. The normalized spacial score (nSPS) is 18.7. The number of Topliss-reactive ketones (excluding diaryl/α,β-unsaturated/α-hetero) is 1. The van der Waals surface area contributed by atoms with Crippen LogP contribution in [0.15, 0.2) is 42.5 Å². The van der Waals surface area contributed by atoms with Gasteiger partial charge in [-0.2, -0.15) is 0 Å². The summed E-state index contributed by atoms with van der Waals surface area (Å²) in [7, 11) is 1.54. The minimum Gasteiger partial charge on any atom is -0.452 e. The highest BCUT2D eigenvalue weighted by atomic mass is 35.5. The maximum atomic E-state index is 13.1. The zero-order valence-corrected chi connectivity index (χ0v) is 18.0. The standard InChI is InChI=1S/C22H22Cl2N2O4/c1-26(20(28)13-30-21(29)14-9-10-17(24)18(25)12-14)22(11-5-4-8-19(22)27)15-6-2-3-7-16(15)23/h2-3,6-7,9-10,12H,4-5,8,11,13,25H2,1H3. The number of nitrogen functional groups attached to an aromatic ring is 1. The molecular weight excluding hydrogens is 427 g/mol. The quantitative estimate of drug-likeness (QED) is 0.545. The van der Waals surface area contributed by atoms with Crippen molar-refractivity contribution in [2.45, 2.75) is 31.2 Å². The van der Waals surface area contributed by atoms with Crippen molar-refractivity contribution in [1.82, 2.24) is 4.90 Å². The number of rotatable bonds is 5. The van der Waals surface area contributed by atoms with E-state index in [1.807, 2.05) is 0 Å². The van der Waals surface area contributed by atoms with Crippen molar-refractivity contribution >= 4 is 46.5 Å². The summed E-state index contributed by atoms with van der Waals surface area (Å²) in [6.07, 6.45) is 2.35. The number of amides is 1. The van der Waals surface area contributed by atoms with Crippen molar-refractivity contribution in [3.05, 3.63) is 63.6 Å². The molecule has 0 bridgehead atoms. The summed E-state index contributed by atoms with van der Waals surface area (Å²) < 4.78 is 5.17. The Morgan fingerprint density at radius 1 is 1.13 bits per heavy atom. The second-order valence-corrected chi connectivity index (χ2v) is 8.05. The molecule has 0 radical (unpaired) electrons. The molecule has 30 heavy (non-hydrogen) atoms. The maximum absolute atomic E-state index is 13.1. The van der Waals surface area contributed by atoms with Crippen LogP contribution in [0, 0.1) is 0 Å². The van der Waals surface area contributed by atoms with E-state index in [4.69, 9.17) is 33.7 Å². The van der Waals surface area contributed by atoms with Gasteiger partial charge in [-0.25, -0.2) is 4.79 Å². The average molecular weight is 449 g/mol. The number of hydrogen-bond acceptors (Lipinski definition) is 5. The number of ether oxygens (including phenoxy) is 1. The Kier molecular flexibility index (Phi) is 6.68. The third-order valence-electron chi connectivity index (χ3n) is 5.48. The molecule has 1 saturated carbocycles. The van der Waals surface area contributed by atoms with Gasteiger partial charge in [0.05, 0.1) is 16.3 Å². The third kappa shape index (κ3) is 4.16. The highest BCUT2D eigenvalue weighted by Gasteiger charge is 2.48. The van der Waals surface area contributed by atoms with Crippen LogP contribution in [-0.2, 0) is 19.9 Å². The summed E-state index contributed by atoms with van der Waals surface area (Å²) in [4.78, 5) is 39.7. The van der Waals surface area contributed by atoms with E-state index in [9.17, 15) is 14.4 Å². The van der Waals surface area contributed by atoms with Gasteiger partial charge in [-0.3, -0.25) is 9.59 Å². The van der Waals surface area contributed by atoms with Crippen LogP contribution < -0.4 is 5.73 Å². The molecule has 1 unspecified atom stereocenters. The lowest BCUT2D eigenvalue weighted by atomic mass is 9.74. The number of anilines is 1. The van der Waals surface area contributed by atoms with Crippen molar-refractivity contribution in [1.29, 1.82) is 0 Å². The van der Waals surface area contributed by atoms with E-state index in [0.717, 1.165) is 12.8 Å². The molecule has 1 fully saturated rings. The highest BCUT2D eigenvalue weighted by molar-refractivity contribution is 6.33. The predicted molar refractivity (Wildman–Crippen MR) is 116 cm³/mol. The second-order valence-electron chi connectivity index (χ2n) is 7.24. The fourth-order valence-corrected chi connectivity index (χ4v) is 4.23. The fourth-order valence-electron chi connectivity index (χ4n) is 3.82. The van der Waals surface area contributed by atoms with Gasteiger partial charge in [-0.05, 0) is 43.5 Å². The first-order valence-electron chi connectivity index (χ1n) is 9.54. The number of ketones is 1. The second kappa shape index (κ2) is 9.06. The largest absolute Gasteiger partial charge is 0.452 e. The van der Waals surface area contributed by atoms with Crippen LogP contribution in [0.25, 0.3) is 0 Å². The molecule has 1 atom stereocenters. The van der Waals surface area contributed by atoms with E-state index in [-0.39, 0.29) is 17.0 Å². The Morgan fingerprint density at radius 3 is 2.53 bits per heavy atom. The van der Waals surface area contributed by atoms with Crippen molar-refractivity contribution < 1.29 is 19.1 Å². The molecular formula is C22H22Cl2N2O4. The van der Waals surface area contributed by atoms with Gasteiger partial charge < -0.3 is 15.4 Å². The number of halogens is 2. The van der Waals surface area contributed by atoms with Gasteiger partial charge in [0, 0.05) is 24.1 Å². The van der Waals surface area contributed by atoms with Crippen molar-refractivity contribution in [3.8, 4) is 0 Å². The van der Waals surface area contributed by atoms with Crippen LogP contribution in [0.1, 0.15) is 41.6 Å². The van der Waals surface area contributed by atoms with Crippen LogP contribution >= 0.6 is 23.2 Å². The van der Waals surface area contributed by atoms with Crippen molar-refractivity contribution in [3.63, 3.8) is 0 Å². The molecule has 2 aromatic rings. The minimum atomic E-state index is -1.18. The molecule has 1 amide bonds. The molecule has 0 aliphatic heterocycles. The van der Waals surface area contributed by atoms with Gasteiger partial charge in [0.1, 0.15) is 5.54 Å². The number of likely N-dealkylation sites (N-methyl/N-ethyl adjacent to an activating group) is 1. The van der Waals surface area contributed by atoms with Crippen LogP contribution in [0.4, 0.5) is 5.69 Å². The summed E-state index contributed by atoms with van der Waals surface area (Å²) in [5.74, 6) is -1.28. The number of carbonyl (C=O) groups is 3. The summed E-state index contributed by atoms with van der Waals surface area (Å²) >= 11 is 12.3. The van der Waals surface area contributed by atoms with Crippen LogP contribution in [0.3, 0.4) is 0 Å². The fraction of sp³-hybridized carbons (Fsp3) is 0.318. The van der Waals surface area contributed by atoms with Gasteiger partial charge >= 0.3 is 5.97 Å². The number of nitrogens with two attached hydrogens (primary N) is 1. The number of hydrogen-bond donors (Lipinski definition) is 1. The molecule has 0 heterocycles. The van der Waals surface area contributed by atoms with Crippen molar-refractivity contribution in [2.24, 2.45) is 0 Å². The van der Waals surface area contributed by atoms with E-state index in [1.54, 1.807) is 31.3 Å². The third-order valence-corrected chi connectivity index (χ3v) is 6.15. The smallest absolute Gasteiger partial charge is 0.338 e. The Hall–Kier alpha value is -2.57. The maximum Gasteiger partial charge on any atom is 0.338 e. The molecule has 0 saturated heterocycles. The van der Waals surface area contributed by atoms with Crippen molar-refractivity contribution in [2.75, 3.05) is 19.4 Å². The molecule has 1 aliphatic carbocycles. The molecule has 6 nitrogen and oxygen atoms in total. The predicted octanol–water partition coefficient (Wildman–Crippen LogP) is 4.23. The Morgan fingerprint density at radius 2 is 1.87 bits per heavy atom. The van der Waals surface area contributed by atoms with Crippen LogP contribution in [-0.4, -0.2) is 36.2 Å². The molecule has 1 aliphatic rings. The van der Waals surface area contributed by atoms with Crippen LogP contribution in [0.5, 0.6) is 0 Å². The number of esters is 1. The zero-order chi connectivity index (χ0) is 21.9. The number of nitrogens with zero attached hydrogens (tertiary/aromatic N) is 1. The molecule has 2 aromatic carbocycles. The monoisotopic (exact) mass is 448 g/mol. The molecule has 0 spiro atoms. The summed E-state index contributed by atoms with van der Waals surface area (Å²) in [5.41, 5.74) is 5.54. The lowest BCUT2D eigenvalue weighted by Gasteiger charge is -2.43. The lowest BCUT2D eigenvalue weighted by molar-refractivity contribution is -0.150. The van der Waals surface area contributed by atoms with E-state index in [1.165, 1.54) is 23.1 Å². The number of benzene rings is 2. The molecule has 2 N–H and O–H groups in total. The Bertz CT molecular complexity index is 995. The lowest BCUT2D eigenvalue weighted by Crippen LogP contribution is -2.55. The SMILES string of the molecule is CN(C(=O)COC(=O)c1ccc(Cl)c(N)c1)C1(c2ccccc2Cl)CCCCC1=O. The Labute approximate surface area is 184 Å². The molecule has 3 rings (SSSR count). The zero-order valence-electron chi connectivity index (χ0n) is 16.5. The van der Waals surface area contributed by atoms with E-state index >= 15 is 0 Å². The topological polar surface area (TPSA) is 89.7 Å².